The van der Waals surface area contributed by atoms with Crippen LogP contribution in [0.4, 0.5) is 0 Å². The third kappa shape index (κ3) is 14.0. The Bertz CT molecular complexity index is 644. The monoisotopic (exact) mass is 478 g/mol. The third-order valence-corrected chi connectivity index (χ3v) is 6.91. The van der Waals surface area contributed by atoms with Crippen molar-refractivity contribution in [3.63, 3.8) is 0 Å². The Morgan fingerprint density at radius 3 is 1.70 bits per heavy atom. The van der Waals surface area contributed by atoms with Crippen molar-refractivity contribution in [2.75, 3.05) is 5.75 Å². The lowest BCUT2D eigenvalue weighted by molar-refractivity contribution is -0.146. The Kier molecular flexibility index (Phi) is 17.4. The van der Waals surface area contributed by atoms with Crippen molar-refractivity contribution in [3.05, 3.63) is 28.8 Å². The summed E-state index contributed by atoms with van der Waals surface area (Å²) in [5.41, 5.74) is 2.78. The number of hydrogen-bond donors (Lipinski definition) is 2. The first-order chi connectivity index (χ1) is 16.0. The standard InChI is InChI=1S/C29H50O3S/c1-4-5-6-7-8-9-10-11-12-13-14-15-16-17-18-19-20-28(32-29(31)23-33)26-21-25(3)27(30)22-24(26)2/h21-22,28,30,33H,4-20,23H2,1-3H3. The van der Waals surface area contributed by atoms with E-state index in [2.05, 4.69) is 19.6 Å². The van der Waals surface area contributed by atoms with Gasteiger partial charge in [-0.3, -0.25) is 4.79 Å². The van der Waals surface area contributed by atoms with E-state index in [-0.39, 0.29) is 23.6 Å². The van der Waals surface area contributed by atoms with Crippen molar-refractivity contribution >= 4 is 18.6 Å². The van der Waals surface area contributed by atoms with Crippen LogP contribution in [0.25, 0.3) is 0 Å². The Hall–Kier alpha value is -1.16. The van der Waals surface area contributed by atoms with Gasteiger partial charge in [-0.15, -0.1) is 0 Å². The molecule has 3 nitrogen and oxygen atoms in total. The van der Waals surface area contributed by atoms with Crippen molar-refractivity contribution in [1.82, 2.24) is 0 Å². The number of esters is 1. The molecule has 0 aromatic heterocycles. The molecule has 0 amide bonds. The number of benzene rings is 1. The van der Waals surface area contributed by atoms with Gasteiger partial charge in [0, 0.05) is 0 Å². The van der Waals surface area contributed by atoms with Crippen LogP contribution in [0.15, 0.2) is 12.1 Å². The molecule has 1 rings (SSSR count). The largest absolute Gasteiger partial charge is 0.508 e. The molecule has 0 aliphatic rings. The van der Waals surface area contributed by atoms with Crippen LogP contribution in [-0.2, 0) is 9.53 Å². The zero-order chi connectivity index (χ0) is 24.3. The molecule has 4 heteroatoms. The Labute approximate surface area is 209 Å². The summed E-state index contributed by atoms with van der Waals surface area (Å²) in [6.45, 7) is 6.12. The molecule has 33 heavy (non-hydrogen) atoms. The second-order valence-electron chi connectivity index (χ2n) is 9.72. The molecule has 0 saturated carbocycles. The van der Waals surface area contributed by atoms with Gasteiger partial charge in [0.1, 0.15) is 11.9 Å². The van der Waals surface area contributed by atoms with Crippen molar-refractivity contribution in [2.24, 2.45) is 0 Å². The highest BCUT2D eigenvalue weighted by Crippen LogP contribution is 2.31. The van der Waals surface area contributed by atoms with Crippen LogP contribution >= 0.6 is 12.6 Å². The SMILES string of the molecule is CCCCCCCCCCCCCCCCCCC(OC(=O)CS)c1cc(C)c(O)cc1C. The molecule has 1 atom stereocenters. The summed E-state index contributed by atoms with van der Waals surface area (Å²) >= 11 is 4.05. The summed E-state index contributed by atoms with van der Waals surface area (Å²) < 4.78 is 5.69. The van der Waals surface area contributed by atoms with E-state index in [0.717, 1.165) is 29.5 Å². The first-order valence-electron chi connectivity index (χ1n) is 13.6. The molecule has 0 heterocycles. The highest BCUT2D eigenvalue weighted by molar-refractivity contribution is 7.81. The minimum absolute atomic E-state index is 0.0889. The number of carbonyl (C=O) groups is 1. The van der Waals surface area contributed by atoms with Gasteiger partial charge < -0.3 is 9.84 Å². The quantitative estimate of drug-likeness (QED) is 0.111. The molecule has 0 saturated heterocycles. The van der Waals surface area contributed by atoms with Crippen LogP contribution in [0.1, 0.15) is 139 Å². The molecule has 0 fully saturated rings. The van der Waals surface area contributed by atoms with Crippen molar-refractivity contribution in [3.8, 4) is 5.75 Å². The third-order valence-electron chi connectivity index (χ3n) is 6.65. The lowest BCUT2D eigenvalue weighted by atomic mass is 9.96. The second kappa shape index (κ2) is 19.2. The molecule has 1 aromatic rings. The molecule has 0 spiro atoms. The predicted molar refractivity (Wildman–Crippen MR) is 144 cm³/mol. The van der Waals surface area contributed by atoms with Crippen LogP contribution < -0.4 is 0 Å². The first-order valence-corrected chi connectivity index (χ1v) is 14.2. The van der Waals surface area contributed by atoms with Gasteiger partial charge in [0.05, 0.1) is 5.75 Å². The average molecular weight is 479 g/mol. The van der Waals surface area contributed by atoms with Gasteiger partial charge in [-0.05, 0) is 55.5 Å². The number of aryl methyl sites for hydroxylation is 2. The van der Waals surface area contributed by atoms with Gasteiger partial charge in [0.25, 0.3) is 0 Å². The van der Waals surface area contributed by atoms with Crippen molar-refractivity contribution < 1.29 is 14.6 Å². The molecule has 0 radical (unpaired) electrons. The van der Waals surface area contributed by atoms with Crippen LogP contribution in [0.5, 0.6) is 5.75 Å². The lowest BCUT2D eigenvalue weighted by Crippen LogP contribution is -2.14. The topological polar surface area (TPSA) is 46.5 Å². The predicted octanol–water partition coefficient (Wildman–Crippen LogP) is 9.17. The molecule has 1 aromatic carbocycles. The summed E-state index contributed by atoms with van der Waals surface area (Å²) in [6.07, 6.45) is 22.1. The summed E-state index contributed by atoms with van der Waals surface area (Å²) in [7, 11) is 0. The normalized spacial score (nSPS) is 12.1. The van der Waals surface area contributed by atoms with E-state index in [9.17, 15) is 9.90 Å². The van der Waals surface area contributed by atoms with Gasteiger partial charge in [-0.25, -0.2) is 0 Å². The van der Waals surface area contributed by atoms with Crippen LogP contribution in [0, 0.1) is 13.8 Å². The number of unbranched alkanes of at least 4 members (excludes halogenated alkanes) is 15. The average Bonchev–Trinajstić information content (AvgIpc) is 2.80. The molecule has 1 N–H and O–H groups in total. The fourth-order valence-electron chi connectivity index (χ4n) is 4.52. The van der Waals surface area contributed by atoms with Crippen LogP contribution in [-0.4, -0.2) is 16.8 Å². The summed E-state index contributed by atoms with van der Waals surface area (Å²) in [5, 5.41) is 9.94. The van der Waals surface area contributed by atoms with E-state index in [1.807, 2.05) is 19.9 Å². The number of phenolic OH excluding ortho intramolecular Hbond substituents is 1. The second-order valence-corrected chi connectivity index (χ2v) is 10.0. The van der Waals surface area contributed by atoms with E-state index in [0.29, 0.717) is 0 Å². The fourth-order valence-corrected chi connectivity index (χ4v) is 4.60. The van der Waals surface area contributed by atoms with Gasteiger partial charge >= 0.3 is 5.97 Å². The summed E-state index contributed by atoms with van der Waals surface area (Å²) in [5.74, 6) is 0.0915. The number of rotatable bonds is 20. The maximum absolute atomic E-state index is 11.9. The summed E-state index contributed by atoms with van der Waals surface area (Å²) in [4.78, 5) is 11.9. The molecule has 0 aliphatic heterocycles. The zero-order valence-electron chi connectivity index (χ0n) is 21.7. The smallest absolute Gasteiger partial charge is 0.316 e. The number of aromatic hydroxyl groups is 1. The van der Waals surface area contributed by atoms with E-state index < -0.39 is 0 Å². The lowest BCUT2D eigenvalue weighted by Gasteiger charge is -2.21. The molecule has 1 unspecified atom stereocenters. The number of carbonyl (C=O) groups excluding carboxylic acids is 1. The van der Waals surface area contributed by atoms with Crippen molar-refractivity contribution in [2.45, 2.75) is 136 Å². The minimum atomic E-state index is -0.287. The molecular formula is C29H50O3S. The van der Waals surface area contributed by atoms with Gasteiger partial charge in [-0.1, -0.05) is 103 Å². The minimum Gasteiger partial charge on any atom is -0.508 e. The Balaban J connectivity index is 2.14. The number of ether oxygens (including phenoxy) is 1. The molecule has 0 bridgehead atoms. The van der Waals surface area contributed by atoms with E-state index in [4.69, 9.17) is 4.74 Å². The van der Waals surface area contributed by atoms with E-state index >= 15 is 0 Å². The molecule has 190 valence electrons. The Morgan fingerprint density at radius 1 is 0.788 bits per heavy atom. The van der Waals surface area contributed by atoms with Crippen LogP contribution in [0.2, 0.25) is 0 Å². The molecule has 0 aliphatic carbocycles. The summed E-state index contributed by atoms with van der Waals surface area (Å²) in [6, 6.07) is 3.72. The van der Waals surface area contributed by atoms with Crippen molar-refractivity contribution in [1.29, 1.82) is 0 Å². The number of thiol groups is 1. The highest BCUT2D eigenvalue weighted by atomic mass is 32.1. The maximum Gasteiger partial charge on any atom is 0.316 e. The van der Waals surface area contributed by atoms with Gasteiger partial charge in [0.15, 0.2) is 0 Å². The number of phenols is 1. The molecular weight excluding hydrogens is 428 g/mol. The van der Waals surface area contributed by atoms with E-state index in [1.54, 1.807) is 6.07 Å². The fraction of sp³-hybridized carbons (Fsp3) is 0.759. The van der Waals surface area contributed by atoms with Crippen LogP contribution in [0.3, 0.4) is 0 Å². The first kappa shape index (κ1) is 29.9. The van der Waals surface area contributed by atoms with Gasteiger partial charge in [0.2, 0.25) is 0 Å². The Morgan fingerprint density at radius 2 is 1.24 bits per heavy atom. The zero-order valence-corrected chi connectivity index (χ0v) is 22.6. The van der Waals surface area contributed by atoms with E-state index in [1.165, 1.54) is 96.3 Å². The van der Waals surface area contributed by atoms with Gasteiger partial charge in [-0.2, -0.15) is 12.6 Å². The number of hydrogen-bond acceptors (Lipinski definition) is 4. The highest BCUT2D eigenvalue weighted by Gasteiger charge is 2.19. The maximum atomic E-state index is 11.9.